The zero-order chi connectivity index (χ0) is 18.7. The van der Waals surface area contributed by atoms with Crippen molar-refractivity contribution in [3.63, 3.8) is 0 Å². The number of phenols is 1. The number of rotatable bonds is 7. The summed E-state index contributed by atoms with van der Waals surface area (Å²) in [6.45, 7) is 0.384. The largest absolute Gasteiger partial charge is 0.507 e. The van der Waals surface area contributed by atoms with Crippen LogP contribution in [0, 0.1) is 0 Å². The van der Waals surface area contributed by atoms with E-state index in [0.29, 0.717) is 24.2 Å². The van der Waals surface area contributed by atoms with Crippen LogP contribution >= 0.6 is 0 Å². The smallest absolute Gasteiger partial charge is 0.252 e. The lowest BCUT2D eigenvalue weighted by Crippen LogP contribution is -2.52. The molecule has 0 aromatic heterocycles. The molecule has 1 aliphatic rings. The Morgan fingerprint density at radius 3 is 2.62 bits per heavy atom. The topological polar surface area (TPSA) is 98.8 Å². The van der Waals surface area contributed by atoms with Gasteiger partial charge in [0.05, 0.1) is 11.7 Å². The lowest BCUT2D eigenvalue weighted by molar-refractivity contribution is 0.0997. The van der Waals surface area contributed by atoms with Gasteiger partial charge in [0.1, 0.15) is 5.75 Å². The Bertz CT molecular complexity index is 760. The number of hydrogen-bond donors (Lipinski definition) is 4. The maximum atomic E-state index is 11.3. The van der Waals surface area contributed by atoms with Gasteiger partial charge in [0.15, 0.2) is 0 Å². The highest BCUT2D eigenvalue weighted by Crippen LogP contribution is 2.29. The molecule has 0 aliphatic heterocycles. The Hall–Kier alpha value is -2.57. The van der Waals surface area contributed by atoms with Crippen LogP contribution in [-0.2, 0) is 0 Å². The number of nitrogens with zero attached hydrogens (tertiary/aromatic N) is 1. The molecule has 2 aromatic rings. The first-order valence-electron chi connectivity index (χ1n) is 8.77. The second kappa shape index (κ2) is 7.76. The van der Waals surface area contributed by atoms with E-state index in [0.717, 1.165) is 12.8 Å². The van der Waals surface area contributed by atoms with Crippen LogP contribution in [0.15, 0.2) is 48.5 Å². The molecular weight excluding hydrogens is 330 g/mol. The van der Waals surface area contributed by atoms with Crippen LogP contribution in [0.25, 0.3) is 0 Å². The van der Waals surface area contributed by atoms with Gasteiger partial charge in [0.25, 0.3) is 5.91 Å². The third-order valence-corrected chi connectivity index (χ3v) is 5.10. The summed E-state index contributed by atoms with van der Waals surface area (Å²) >= 11 is 0. The minimum absolute atomic E-state index is 0.0229. The van der Waals surface area contributed by atoms with Crippen LogP contribution in [0.4, 0.5) is 5.69 Å². The number of primary amides is 1. The Morgan fingerprint density at radius 2 is 1.96 bits per heavy atom. The van der Waals surface area contributed by atoms with Crippen molar-refractivity contribution in [1.29, 1.82) is 0 Å². The van der Waals surface area contributed by atoms with Gasteiger partial charge in [-0.25, -0.2) is 0 Å². The number of aliphatic hydroxyl groups excluding tert-OH is 1. The van der Waals surface area contributed by atoms with Gasteiger partial charge in [-0.15, -0.1) is 0 Å². The van der Waals surface area contributed by atoms with Crippen LogP contribution in [0.2, 0.25) is 0 Å². The van der Waals surface area contributed by atoms with Crippen LogP contribution < -0.4 is 16.0 Å². The number of benzene rings is 2. The first-order chi connectivity index (χ1) is 12.5. The Labute approximate surface area is 153 Å². The summed E-state index contributed by atoms with van der Waals surface area (Å²) in [5.74, 6) is -0.887. The number of nitrogens with one attached hydrogen (secondary N) is 1. The molecule has 0 bridgehead atoms. The predicted molar refractivity (Wildman–Crippen MR) is 101 cm³/mol. The molecular formula is C20H25N3O3. The van der Waals surface area contributed by atoms with E-state index in [1.165, 1.54) is 17.8 Å². The van der Waals surface area contributed by atoms with E-state index in [1.54, 1.807) is 6.07 Å². The molecule has 6 nitrogen and oxygen atoms in total. The van der Waals surface area contributed by atoms with Crippen molar-refractivity contribution < 1.29 is 15.0 Å². The summed E-state index contributed by atoms with van der Waals surface area (Å²) in [5.41, 5.74) is 7.01. The van der Waals surface area contributed by atoms with Crippen LogP contribution in [0.5, 0.6) is 5.75 Å². The molecule has 26 heavy (non-hydrogen) atoms. The zero-order valence-corrected chi connectivity index (χ0v) is 14.8. The van der Waals surface area contributed by atoms with Crippen molar-refractivity contribution in [3.8, 4) is 5.75 Å². The van der Waals surface area contributed by atoms with Crippen molar-refractivity contribution in [2.24, 2.45) is 5.73 Å². The number of para-hydroxylation sites is 1. The second-order valence-electron chi connectivity index (χ2n) is 6.83. The van der Waals surface area contributed by atoms with Crippen molar-refractivity contribution in [2.75, 3.05) is 18.5 Å². The van der Waals surface area contributed by atoms with Gasteiger partial charge in [-0.1, -0.05) is 24.3 Å². The molecule has 0 spiro atoms. The molecule has 1 amide bonds. The van der Waals surface area contributed by atoms with Gasteiger partial charge < -0.3 is 26.2 Å². The highest BCUT2D eigenvalue weighted by atomic mass is 16.3. The first kappa shape index (κ1) is 18.2. The number of carbonyl (C=O) groups is 1. The Kier molecular flexibility index (Phi) is 5.44. The summed E-state index contributed by atoms with van der Waals surface area (Å²) in [6.07, 6.45) is 1.26. The number of anilines is 1. The quantitative estimate of drug-likeness (QED) is 0.607. The summed E-state index contributed by atoms with van der Waals surface area (Å²) < 4.78 is 0. The molecule has 1 unspecified atom stereocenters. The molecule has 0 heterocycles. The third kappa shape index (κ3) is 3.98. The number of nitrogens with two attached hydrogens (primary N) is 1. The van der Waals surface area contributed by atoms with Gasteiger partial charge in [0, 0.05) is 31.4 Å². The highest BCUT2D eigenvalue weighted by Gasteiger charge is 2.32. The molecule has 1 atom stereocenters. The standard InChI is InChI=1S/C20H25N3O3/c1-23(15-5-3-2-4-6-15)16-10-14(11-16)22-12-19(25)13-7-8-18(24)17(9-13)20(21)26/h2-9,14,16,19,22,24-25H,10-12H2,1H3,(H2,21,26)/t14-,16-,19?. The second-order valence-corrected chi connectivity index (χ2v) is 6.83. The van der Waals surface area contributed by atoms with Gasteiger partial charge >= 0.3 is 0 Å². The molecule has 1 saturated carbocycles. The number of aromatic hydroxyl groups is 1. The number of amides is 1. The molecule has 6 heteroatoms. The van der Waals surface area contributed by atoms with Crippen LogP contribution in [0.1, 0.15) is 34.9 Å². The summed E-state index contributed by atoms with van der Waals surface area (Å²) in [5, 5.41) is 23.3. The maximum Gasteiger partial charge on any atom is 0.252 e. The average molecular weight is 355 g/mol. The van der Waals surface area contributed by atoms with Gasteiger partial charge in [-0.05, 0) is 42.7 Å². The summed E-state index contributed by atoms with van der Waals surface area (Å²) in [6, 6.07) is 15.6. The molecule has 1 fully saturated rings. The van der Waals surface area contributed by atoms with Gasteiger partial charge in [-0.3, -0.25) is 4.79 Å². The Morgan fingerprint density at radius 1 is 1.27 bits per heavy atom. The van der Waals surface area contributed by atoms with Gasteiger partial charge in [0.2, 0.25) is 0 Å². The number of aliphatic hydroxyl groups is 1. The van der Waals surface area contributed by atoms with E-state index < -0.39 is 12.0 Å². The summed E-state index contributed by atoms with van der Waals surface area (Å²) in [4.78, 5) is 13.6. The molecule has 138 valence electrons. The van der Waals surface area contributed by atoms with E-state index in [4.69, 9.17) is 5.73 Å². The van der Waals surface area contributed by atoms with E-state index in [2.05, 4.69) is 29.4 Å². The molecule has 3 rings (SSSR count). The summed E-state index contributed by atoms with van der Waals surface area (Å²) in [7, 11) is 2.10. The van der Waals surface area contributed by atoms with Crippen molar-refractivity contribution in [2.45, 2.75) is 31.0 Å². The molecule has 0 radical (unpaired) electrons. The molecule has 0 saturated heterocycles. The van der Waals surface area contributed by atoms with Crippen LogP contribution in [0.3, 0.4) is 0 Å². The molecule has 2 aromatic carbocycles. The van der Waals surface area contributed by atoms with E-state index in [1.807, 2.05) is 18.2 Å². The third-order valence-electron chi connectivity index (χ3n) is 5.10. The fourth-order valence-corrected chi connectivity index (χ4v) is 3.30. The van der Waals surface area contributed by atoms with E-state index in [-0.39, 0.29) is 11.3 Å². The molecule has 1 aliphatic carbocycles. The SMILES string of the molecule is CN(c1ccccc1)[C@H]1C[C@H](NCC(O)c2ccc(O)c(C(N)=O)c2)C1. The Balaban J connectivity index is 1.49. The lowest BCUT2D eigenvalue weighted by Gasteiger charge is -2.43. The fourth-order valence-electron chi connectivity index (χ4n) is 3.30. The molecule has 5 N–H and O–H groups in total. The number of carbonyl (C=O) groups excluding carboxylic acids is 1. The van der Waals surface area contributed by atoms with Crippen molar-refractivity contribution in [1.82, 2.24) is 5.32 Å². The normalized spacial score (nSPS) is 20.2. The maximum absolute atomic E-state index is 11.3. The minimum Gasteiger partial charge on any atom is -0.507 e. The lowest BCUT2D eigenvalue weighted by atomic mass is 9.85. The highest BCUT2D eigenvalue weighted by molar-refractivity contribution is 5.95. The first-order valence-corrected chi connectivity index (χ1v) is 8.77. The number of hydrogen-bond acceptors (Lipinski definition) is 5. The average Bonchev–Trinajstić information content (AvgIpc) is 2.60. The monoisotopic (exact) mass is 355 g/mol. The minimum atomic E-state index is -0.764. The van der Waals surface area contributed by atoms with Gasteiger partial charge in [-0.2, -0.15) is 0 Å². The predicted octanol–water partition coefficient (Wildman–Crippen LogP) is 1.78. The van der Waals surface area contributed by atoms with E-state index >= 15 is 0 Å². The van der Waals surface area contributed by atoms with Crippen molar-refractivity contribution >= 4 is 11.6 Å². The van der Waals surface area contributed by atoms with Crippen LogP contribution in [-0.4, -0.2) is 41.8 Å². The zero-order valence-electron chi connectivity index (χ0n) is 14.8. The fraction of sp³-hybridized carbons (Fsp3) is 0.350. The van der Waals surface area contributed by atoms with E-state index in [9.17, 15) is 15.0 Å². The van der Waals surface area contributed by atoms with Crippen molar-refractivity contribution in [3.05, 3.63) is 59.7 Å².